The topological polar surface area (TPSA) is 41.1 Å². The number of aryl methyl sites for hydroxylation is 1. The molecule has 1 aromatic rings. The van der Waals surface area contributed by atoms with Crippen LogP contribution in [0, 0.1) is 12.7 Å². The van der Waals surface area contributed by atoms with Crippen LogP contribution in [0.2, 0.25) is 0 Å². The number of hydrogen-bond donors (Lipinski definition) is 2. The molecule has 0 aliphatic carbocycles. The molecule has 1 amide bonds. The molecule has 3 nitrogen and oxygen atoms in total. The molecule has 16 heavy (non-hydrogen) atoms. The van der Waals surface area contributed by atoms with Crippen molar-refractivity contribution < 1.29 is 9.18 Å². The second kappa shape index (κ2) is 6.10. The van der Waals surface area contributed by atoms with Crippen LogP contribution in [-0.4, -0.2) is 19.0 Å². The van der Waals surface area contributed by atoms with Gasteiger partial charge < -0.3 is 10.6 Å². The van der Waals surface area contributed by atoms with Gasteiger partial charge in [-0.2, -0.15) is 0 Å². The number of benzene rings is 1. The molecule has 0 aromatic heterocycles. The third kappa shape index (κ3) is 4.29. The van der Waals surface area contributed by atoms with E-state index in [0.717, 1.165) is 12.0 Å². The number of rotatable bonds is 5. The zero-order valence-electron chi connectivity index (χ0n) is 9.64. The Labute approximate surface area is 95.0 Å². The Morgan fingerprint density at radius 3 is 2.75 bits per heavy atom. The Hall–Kier alpha value is -1.58. The highest BCUT2D eigenvalue weighted by molar-refractivity contribution is 5.80. The van der Waals surface area contributed by atoms with Gasteiger partial charge in [-0.1, -0.05) is 6.92 Å². The van der Waals surface area contributed by atoms with Crippen molar-refractivity contribution in [3.8, 4) is 0 Å². The summed E-state index contributed by atoms with van der Waals surface area (Å²) < 4.78 is 13.0. The first-order valence-electron chi connectivity index (χ1n) is 5.39. The van der Waals surface area contributed by atoms with Crippen LogP contribution in [0.3, 0.4) is 0 Å². The molecule has 2 N–H and O–H groups in total. The first kappa shape index (κ1) is 12.5. The van der Waals surface area contributed by atoms with Gasteiger partial charge in [0.05, 0.1) is 6.54 Å². The molecule has 0 spiro atoms. The summed E-state index contributed by atoms with van der Waals surface area (Å²) in [7, 11) is 0. The van der Waals surface area contributed by atoms with Crippen molar-refractivity contribution in [1.82, 2.24) is 5.32 Å². The lowest BCUT2D eigenvalue weighted by atomic mass is 10.2. The number of nitrogens with one attached hydrogen (secondary N) is 2. The maximum absolute atomic E-state index is 13.0. The fourth-order valence-electron chi connectivity index (χ4n) is 1.35. The lowest BCUT2D eigenvalue weighted by Crippen LogP contribution is -2.30. The third-order valence-electron chi connectivity index (χ3n) is 2.07. The molecule has 0 atom stereocenters. The molecule has 0 radical (unpaired) electrons. The zero-order valence-corrected chi connectivity index (χ0v) is 9.64. The van der Waals surface area contributed by atoms with E-state index < -0.39 is 0 Å². The minimum atomic E-state index is -0.295. The Kier molecular flexibility index (Phi) is 4.76. The number of amides is 1. The predicted molar refractivity (Wildman–Crippen MR) is 62.9 cm³/mol. The van der Waals surface area contributed by atoms with Crippen molar-refractivity contribution in [1.29, 1.82) is 0 Å². The first-order chi connectivity index (χ1) is 7.61. The van der Waals surface area contributed by atoms with E-state index in [1.807, 2.05) is 13.8 Å². The predicted octanol–water partition coefficient (Wildman–Crippen LogP) is 2.07. The average molecular weight is 224 g/mol. The summed E-state index contributed by atoms with van der Waals surface area (Å²) in [5.74, 6) is -0.375. The Morgan fingerprint density at radius 2 is 2.12 bits per heavy atom. The lowest BCUT2D eigenvalue weighted by Gasteiger charge is -2.07. The van der Waals surface area contributed by atoms with Crippen molar-refractivity contribution in [3.05, 3.63) is 29.6 Å². The number of anilines is 1. The highest BCUT2D eigenvalue weighted by atomic mass is 19.1. The summed E-state index contributed by atoms with van der Waals surface area (Å²) in [5, 5.41) is 5.62. The van der Waals surface area contributed by atoms with E-state index in [0.29, 0.717) is 12.2 Å². The highest BCUT2D eigenvalue weighted by Crippen LogP contribution is 2.12. The molecule has 1 rings (SSSR count). The molecule has 0 saturated heterocycles. The summed E-state index contributed by atoms with van der Waals surface area (Å²) in [6.45, 7) is 4.64. The molecule has 4 heteroatoms. The first-order valence-corrected chi connectivity index (χ1v) is 5.39. The van der Waals surface area contributed by atoms with E-state index in [2.05, 4.69) is 10.6 Å². The smallest absolute Gasteiger partial charge is 0.239 e. The highest BCUT2D eigenvalue weighted by Gasteiger charge is 2.01. The minimum Gasteiger partial charge on any atom is -0.376 e. The Bertz CT molecular complexity index is 346. The van der Waals surface area contributed by atoms with Gasteiger partial charge in [0.15, 0.2) is 0 Å². The largest absolute Gasteiger partial charge is 0.376 e. The van der Waals surface area contributed by atoms with Gasteiger partial charge in [-0.25, -0.2) is 4.39 Å². The molecule has 1 aromatic carbocycles. The standard InChI is InChI=1S/C12H17FN2O/c1-3-4-14-12(16)8-15-11-6-9(2)5-10(13)7-11/h5-7,15H,3-4,8H2,1-2H3,(H,14,16). The Morgan fingerprint density at radius 1 is 1.38 bits per heavy atom. The van der Waals surface area contributed by atoms with Gasteiger partial charge in [-0.15, -0.1) is 0 Å². The normalized spacial score (nSPS) is 9.94. The maximum Gasteiger partial charge on any atom is 0.239 e. The quantitative estimate of drug-likeness (QED) is 0.804. The summed E-state index contributed by atoms with van der Waals surface area (Å²) in [6, 6.07) is 4.62. The molecule has 0 bridgehead atoms. The van der Waals surface area contributed by atoms with Crippen molar-refractivity contribution in [2.45, 2.75) is 20.3 Å². The molecule has 0 saturated carbocycles. The van der Waals surface area contributed by atoms with Crippen molar-refractivity contribution in [2.75, 3.05) is 18.4 Å². The van der Waals surface area contributed by atoms with Gasteiger partial charge in [0.2, 0.25) is 5.91 Å². The molecular formula is C12H17FN2O. The van der Waals surface area contributed by atoms with E-state index in [-0.39, 0.29) is 18.3 Å². The third-order valence-corrected chi connectivity index (χ3v) is 2.07. The molecule has 0 heterocycles. The fourth-order valence-corrected chi connectivity index (χ4v) is 1.35. The van der Waals surface area contributed by atoms with Crippen LogP contribution in [0.15, 0.2) is 18.2 Å². The van der Waals surface area contributed by atoms with Crippen LogP contribution in [0.25, 0.3) is 0 Å². The van der Waals surface area contributed by atoms with E-state index in [1.165, 1.54) is 12.1 Å². The number of hydrogen-bond acceptors (Lipinski definition) is 2. The number of carbonyl (C=O) groups excluding carboxylic acids is 1. The lowest BCUT2D eigenvalue weighted by molar-refractivity contribution is -0.119. The van der Waals surface area contributed by atoms with Gasteiger partial charge in [0, 0.05) is 12.2 Å². The molecule has 88 valence electrons. The van der Waals surface area contributed by atoms with Crippen molar-refractivity contribution in [3.63, 3.8) is 0 Å². The van der Waals surface area contributed by atoms with Gasteiger partial charge in [-0.3, -0.25) is 4.79 Å². The van der Waals surface area contributed by atoms with E-state index in [4.69, 9.17) is 0 Å². The molecule has 0 aliphatic rings. The van der Waals surface area contributed by atoms with Crippen LogP contribution in [0.1, 0.15) is 18.9 Å². The SMILES string of the molecule is CCCNC(=O)CNc1cc(C)cc(F)c1. The second-order valence-corrected chi connectivity index (χ2v) is 3.72. The average Bonchev–Trinajstić information content (AvgIpc) is 2.22. The van der Waals surface area contributed by atoms with Gasteiger partial charge in [-0.05, 0) is 37.1 Å². The number of halogens is 1. The summed E-state index contributed by atoms with van der Waals surface area (Å²) in [4.78, 5) is 11.3. The van der Waals surface area contributed by atoms with Gasteiger partial charge >= 0.3 is 0 Å². The summed E-state index contributed by atoms with van der Waals surface area (Å²) in [5.41, 5.74) is 1.46. The molecule has 0 unspecified atom stereocenters. The van der Waals surface area contributed by atoms with Crippen LogP contribution in [0.5, 0.6) is 0 Å². The van der Waals surface area contributed by atoms with Crippen molar-refractivity contribution in [2.24, 2.45) is 0 Å². The van der Waals surface area contributed by atoms with Gasteiger partial charge in [0.25, 0.3) is 0 Å². The minimum absolute atomic E-state index is 0.0798. The molecule has 0 aliphatic heterocycles. The van der Waals surface area contributed by atoms with E-state index in [9.17, 15) is 9.18 Å². The zero-order chi connectivity index (χ0) is 12.0. The van der Waals surface area contributed by atoms with Crippen LogP contribution in [0.4, 0.5) is 10.1 Å². The maximum atomic E-state index is 13.0. The summed E-state index contributed by atoms with van der Waals surface area (Å²) in [6.07, 6.45) is 0.908. The number of carbonyl (C=O) groups is 1. The molecule has 0 fully saturated rings. The van der Waals surface area contributed by atoms with E-state index >= 15 is 0 Å². The summed E-state index contributed by atoms with van der Waals surface area (Å²) >= 11 is 0. The van der Waals surface area contributed by atoms with Crippen LogP contribution in [-0.2, 0) is 4.79 Å². The monoisotopic (exact) mass is 224 g/mol. The van der Waals surface area contributed by atoms with Crippen molar-refractivity contribution >= 4 is 11.6 Å². The second-order valence-electron chi connectivity index (χ2n) is 3.72. The fraction of sp³-hybridized carbons (Fsp3) is 0.417. The van der Waals surface area contributed by atoms with E-state index in [1.54, 1.807) is 6.07 Å². The van der Waals surface area contributed by atoms with Crippen LogP contribution < -0.4 is 10.6 Å². The Balaban J connectivity index is 2.45. The van der Waals surface area contributed by atoms with Gasteiger partial charge in [0.1, 0.15) is 5.82 Å². The van der Waals surface area contributed by atoms with Crippen LogP contribution >= 0.6 is 0 Å². The molecular weight excluding hydrogens is 207 g/mol.